The maximum absolute atomic E-state index is 13.1. The van der Waals surface area contributed by atoms with Crippen molar-refractivity contribution < 1.29 is 13.7 Å². The number of hydrogen-bond acceptors (Lipinski definition) is 4. The van der Waals surface area contributed by atoms with E-state index >= 15 is 0 Å². The van der Waals surface area contributed by atoms with Gasteiger partial charge in [-0.15, -0.1) is 0 Å². The van der Waals surface area contributed by atoms with E-state index in [9.17, 15) is 4.39 Å². The van der Waals surface area contributed by atoms with Crippen molar-refractivity contribution in [2.24, 2.45) is 0 Å². The molecule has 25 heavy (non-hydrogen) atoms. The number of rotatable bonds is 4. The molecule has 0 aliphatic heterocycles. The van der Waals surface area contributed by atoms with Gasteiger partial charge < -0.3 is 9.26 Å². The summed E-state index contributed by atoms with van der Waals surface area (Å²) in [7, 11) is 0. The van der Waals surface area contributed by atoms with E-state index in [4.69, 9.17) is 9.26 Å². The summed E-state index contributed by atoms with van der Waals surface area (Å²) in [4.78, 5) is 4.37. The Hall–Kier alpha value is -3.21. The highest BCUT2D eigenvalue weighted by Crippen LogP contribution is 2.24. The van der Waals surface area contributed by atoms with Crippen LogP contribution in [0.2, 0.25) is 0 Å². The monoisotopic (exact) mass is 334 g/mol. The maximum atomic E-state index is 13.1. The van der Waals surface area contributed by atoms with Crippen LogP contribution in [0.5, 0.6) is 5.75 Å². The third-order valence-electron chi connectivity index (χ3n) is 3.96. The molecular formula is C20H15FN2O2. The molecule has 0 aliphatic rings. The summed E-state index contributed by atoms with van der Waals surface area (Å²) in [6, 6.07) is 18.4. The van der Waals surface area contributed by atoms with E-state index in [-0.39, 0.29) is 12.4 Å². The SMILES string of the molecule is Cc1cc(F)ccc1OCc1noc(-c2ccc3ccccc3c2)n1. The molecule has 0 atom stereocenters. The van der Waals surface area contributed by atoms with Crippen molar-refractivity contribution in [3.63, 3.8) is 0 Å². The molecule has 1 aromatic heterocycles. The van der Waals surface area contributed by atoms with Crippen LogP contribution in [0, 0.1) is 12.7 Å². The first-order chi connectivity index (χ1) is 12.2. The topological polar surface area (TPSA) is 48.2 Å². The number of benzene rings is 3. The van der Waals surface area contributed by atoms with Crippen molar-refractivity contribution >= 4 is 10.8 Å². The Labute approximate surface area is 143 Å². The van der Waals surface area contributed by atoms with Crippen LogP contribution in [0.4, 0.5) is 4.39 Å². The van der Waals surface area contributed by atoms with Gasteiger partial charge >= 0.3 is 0 Å². The summed E-state index contributed by atoms with van der Waals surface area (Å²) < 4.78 is 24.1. The number of fused-ring (bicyclic) bond motifs is 1. The van der Waals surface area contributed by atoms with Crippen LogP contribution in [0.15, 0.2) is 65.2 Å². The second-order valence-electron chi connectivity index (χ2n) is 5.78. The fourth-order valence-electron chi connectivity index (χ4n) is 2.67. The minimum absolute atomic E-state index is 0.156. The molecule has 0 bridgehead atoms. The standard InChI is InChI=1S/C20H15FN2O2/c1-13-10-17(21)8-9-18(13)24-12-19-22-20(25-23-19)16-7-6-14-4-2-3-5-15(14)11-16/h2-11H,12H2,1H3. The molecule has 5 heteroatoms. The van der Waals surface area contributed by atoms with E-state index in [1.54, 1.807) is 13.0 Å². The zero-order chi connectivity index (χ0) is 17.2. The van der Waals surface area contributed by atoms with Crippen LogP contribution in [-0.4, -0.2) is 10.1 Å². The summed E-state index contributed by atoms with van der Waals surface area (Å²) in [5.41, 5.74) is 1.58. The van der Waals surface area contributed by atoms with Gasteiger partial charge in [-0.05, 0) is 53.6 Å². The van der Waals surface area contributed by atoms with Crippen molar-refractivity contribution in [1.29, 1.82) is 0 Å². The second-order valence-corrected chi connectivity index (χ2v) is 5.78. The molecule has 0 radical (unpaired) electrons. The highest BCUT2D eigenvalue weighted by atomic mass is 19.1. The Morgan fingerprint density at radius 1 is 1.00 bits per heavy atom. The van der Waals surface area contributed by atoms with E-state index in [1.165, 1.54) is 12.1 Å². The first-order valence-electron chi connectivity index (χ1n) is 7.90. The molecule has 0 saturated heterocycles. The van der Waals surface area contributed by atoms with E-state index in [1.807, 2.05) is 36.4 Å². The van der Waals surface area contributed by atoms with Gasteiger partial charge in [-0.2, -0.15) is 4.98 Å². The van der Waals surface area contributed by atoms with E-state index in [0.29, 0.717) is 17.5 Å². The molecule has 0 N–H and O–H groups in total. The Morgan fingerprint density at radius 3 is 2.68 bits per heavy atom. The van der Waals surface area contributed by atoms with E-state index in [2.05, 4.69) is 16.2 Å². The fourth-order valence-corrected chi connectivity index (χ4v) is 2.67. The van der Waals surface area contributed by atoms with Gasteiger partial charge in [-0.3, -0.25) is 0 Å². The molecule has 0 amide bonds. The summed E-state index contributed by atoms with van der Waals surface area (Å²) >= 11 is 0. The van der Waals surface area contributed by atoms with Gasteiger partial charge in [-0.25, -0.2) is 4.39 Å². The number of halogens is 1. The lowest BCUT2D eigenvalue weighted by Crippen LogP contribution is -1.99. The zero-order valence-corrected chi connectivity index (χ0v) is 13.6. The first kappa shape index (κ1) is 15.3. The van der Waals surface area contributed by atoms with Crippen LogP contribution in [0.1, 0.15) is 11.4 Å². The van der Waals surface area contributed by atoms with Crippen molar-refractivity contribution in [3.05, 3.63) is 77.9 Å². The lowest BCUT2D eigenvalue weighted by molar-refractivity contribution is 0.285. The van der Waals surface area contributed by atoms with Crippen molar-refractivity contribution in [3.8, 4) is 17.2 Å². The Morgan fingerprint density at radius 2 is 1.84 bits per heavy atom. The molecule has 0 fully saturated rings. The average Bonchev–Trinajstić information content (AvgIpc) is 3.09. The molecule has 1 heterocycles. The number of nitrogens with zero attached hydrogens (tertiary/aromatic N) is 2. The van der Waals surface area contributed by atoms with Gasteiger partial charge in [0.25, 0.3) is 5.89 Å². The summed E-state index contributed by atoms with van der Waals surface area (Å²) in [5.74, 6) is 1.19. The van der Waals surface area contributed by atoms with Crippen LogP contribution >= 0.6 is 0 Å². The van der Waals surface area contributed by atoms with Crippen LogP contribution in [-0.2, 0) is 6.61 Å². The van der Waals surface area contributed by atoms with Crippen molar-refractivity contribution in [2.45, 2.75) is 13.5 Å². The number of aryl methyl sites for hydroxylation is 1. The van der Waals surface area contributed by atoms with Crippen LogP contribution in [0.3, 0.4) is 0 Å². The third-order valence-corrected chi connectivity index (χ3v) is 3.96. The molecule has 4 aromatic rings. The molecule has 124 valence electrons. The minimum Gasteiger partial charge on any atom is -0.485 e. The van der Waals surface area contributed by atoms with Gasteiger partial charge in [0.15, 0.2) is 6.61 Å². The molecule has 0 saturated carbocycles. The predicted molar refractivity (Wildman–Crippen MR) is 92.7 cm³/mol. The number of aromatic nitrogens is 2. The van der Waals surface area contributed by atoms with E-state index in [0.717, 1.165) is 21.9 Å². The lowest BCUT2D eigenvalue weighted by Gasteiger charge is -2.06. The largest absolute Gasteiger partial charge is 0.485 e. The lowest BCUT2D eigenvalue weighted by atomic mass is 10.1. The molecular weight excluding hydrogens is 319 g/mol. The predicted octanol–water partition coefficient (Wildman–Crippen LogP) is 4.92. The average molecular weight is 334 g/mol. The van der Waals surface area contributed by atoms with Gasteiger partial charge in [0, 0.05) is 5.56 Å². The Kier molecular flexibility index (Phi) is 3.90. The Balaban J connectivity index is 1.53. The van der Waals surface area contributed by atoms with Crippen molar-refractivity contribution in [1.82, 2.24) is 10.1 Å². The molecule has 4 nitrogen and oxygen atoms in total. The van der Waals surface area contributed by atoms with E-state index < -0.39 is 0 Å². The van der Waals surface area contributed by atoms with Gasteiger partial charge in [-0.1, -0.05) is 35.5 Å². The summed E-state index contributed by atoms with van der Waals surface area (Å²) in [6.07, 6.45) is 0. The molecule has 0 spiro atoms. The van der Waals surface area contributed by atoms with Gasteiger partial charge in [0.05, 0.1) is 0 Å². The zero-order valence-electron chi connectivity index (χ0n) is 13.6. The number of ether oxygens (including phenoxy) is 1. The molecule has 0 unspecified atom stereocenters. The van der Waals surface area contributed by atoms with Crippen LogP contribution < -0.4 is 4.74 Å². The summed E-state index contributed by atoms with van der Waals surface area (Å²) in [5, 5.41) is 6.21. The highest BCUT2D eigenvalue weighted by Gasteiger charge is 2.11. The van der Waals surface area contributed by atoms with Gasteiger partial charge in [0.1, 0.15) is 11.6 Å². The van der Waals surface area contributed by atoms with Crippen LogP contribution in [0.25, 0.3) is 22.2 Å². The maximum Gasteiger partial charge on any atom is 0.258 e. The minimum atomic E-state index is -0.289. The normalized spacial score (nSPS) is 11.0. The van der Waals surface area contributed by atoms with Gasteiger partial charge in [0.2, 0.25) is 5.82 Å². The fraction of sp³-hybridized carbons (Fsp3) is 0.100. The number of hydrogen-bond donors (Lipinski definition) is 0. The smallest absolute Gasteiger partial charge is 0.258 e. The highest BCUT2D eigenvalue weighted by molar-refractivity contribution is 5.86. The first-order valence-corrected chi connectivity index (χ1v) is 7.90. The summed E-state index contributed by atoms with van der Waals surface area (Å²) in [6.45, 7) is 1.94. The molecule has 3 aromatic carbocycles. The molecule has 0 aliphatic carbocycles. The van der Waals surface area contributed by atoms with Crippen molar-refractivity contribution in [2.75, 3.05) is 0 Å². The Bertz CT molecular complexity index is 1040. The third kappa shape index (κ3) is 3.21. The quantitative estimate of drug-likeness (QED) is 0.532. The molecule has 4 rings (SSSR count). The second kappa shape index (κ2) is 6.36.